The molecule has 1 saturated carbocycles. The molecule has 0 atom stereocenters. The van der Waals surface area contributed by atoms with Crippen molar-refractivity contribution in [3.63, 3.8) is 0 Å². The van der Waals surface area contributed by atoms with Crippen molar-refractivity contribution in [1.82, 2.24) is 0 Å². The van der Waals surface area contributed by atoms with Gasteiger partial charge in [-0.2, -0.15) is 0 Å². The fraction of sp³-hybridized carbons (Fsp3) is 0.400. The second-order valence-corrected chi connectivity index (χ2v) is 6.67. The van der Waals surface area contributed by atoms with Gasteiger partial charge in [0.05, 0.1) is 0 Å². The second-order valence-electron chi connectivity index (χ2n) is 6.67. The molecule has 0 amide bonds. The monoisotopic (exact) mass is 362 g/mol. The van der Waals surface area contributed by atoms with Gasteiger partial charge in [-0.3, -0.25) is 0 Å². The van der Waals surface area contributed by atoms with E-state index in [4.69, 9.17) is 9.39 Å². The Balaban J connectivity index is 0.000000855. The molecule has 2 aromatic rings. The van der Waals surface area contributed by atoms with E-state index >= 15 is 0 Å². The van der Waals surface area contributed by atoms with Crippen LogP contribution in [-0.2, 0) is 4.65 Å². The minimum atomic E-state index is 0.578. The van der Waals surface area contributed by atoms with Crippen molar-refractivity contribution in [2.45, 2.75) is 53.4 Å². The third-order valence-corrected chi connectivity index (χ3v) is 4.55. The Morgan fingerprint density at radius 3 is 1.85 bits per heavy atom. The van der Waals surface area contributed by atoms with Crippen molar-refractivity contribution in [3.8, 4) is 23.3 Å². The first-order chi connectivity index (χ1) is 13.2. The van der Waals surface area contributed by atoms with Crippen LogP contribution in [0.15, 0.2) is 48.5 Å². The summed E-state index contributed by atoms with van der Waals surface area (Å²) in [6.45, 7) is 12.9. The molecule has 0 spiro atoms. The Kier molecular flexibility index (Phi) is 10.7. The molecule has 0 radical (unpaired) electrons. The summed E-state index contributed by atoms with van der Waals surface area (Å²) in [6.07, 6.45) is 5.15. The Morgan fingerprint density at radius 2 is 1.33 bits per heavy atom. The number of hydrogen-bond donors (Lipinski definition) is 0. The van der Waals surface area contributed by atoms with Gasteiger partial charge in [-0.25, -0.2) is 0 Å². The molecule has 142 valence electrons. The molecule has 0 unspecified atom stereocenters. The first-order valence-corrected chi connectivity index (χ1v) is 9.75. The molecule has 2 heteroatoms. The predicted molar refractivity (Wildman–Crippen MR) is 111 cm³/mol. The van der Waals surface area contributed by atoms with Crippen LogP contribution in [0.25, 0.3) is 0 Å². The molecule has 1 aliphatic rings. The van der Waals surface area contributed by atoms with E-state index in [2.05, 4.69) is 44.5 Å². The minimum absolute atomic E-state index is 0.578. The third kappa shape index (κ3) is 8.18. The fourth-order valence-electron chi connectivity index (χ4n) is 2.94. The summed E-state index contributed by atoms with van der Waals surface area (Å²) in [7, 11) is 0. The van der Waals surface area contributed by atoms with Crippen LogP contribution in [0.3, 0.4) is 0 Å². The maximum atomic E-state index is 7.50. The second kappa shape index (κ2) is 12.8. The summed E-state index contributed by atoms with van der Waals surface area (Å²) in [5.74, 6) is 9.94. The Morgan fingerprint density at radius 1 is 0.852 bits per heavy atom. The van der Waals surface area contributed by atoms with Crippen molar-refractivity contribution in [2.24, 2.45) is 11.8 Å². The number of ether oxygens (including phenoxy) is 1. The van der Waals surface area contributed by atoms with Gasteiger partial charge in [-0.15, -0.1) is 0 Å². The summed E-state index contributed by atoms with van der Waals surface area (Å²) < 4.78 is 13.3. The van der Waals surface area contributed by atoms with Crippen molar-refractivity contribution in [3.05, 3.63) is 66.3 Å². The van der Waals surface area contributed by atoms with Crippen molar-refractivity contribution < 1.29 is 9.39 Å². The summed E-state index contributed by atoms with van der Waals surface area (Å²) in [5.41, 5.74) is 2.31. The van der Waals surface area contributed by atoms with Crippen molar-refractivity contribution >= 4 is 0 Å². The van der Waals surface area contributed by atoms with Gasteiger partial charge < -0.3 is 4.74 Å². The first-order valence-electron chi connectivity index (χ1n) is 9.75. The van der Waals surface area contributed by atoms with Gasteiger partial charge in [-0.05, 0) is 74.9 Å². The number of hydrogen-bond acceptors (Lipinski definition) is 1. The van der Waals surface area contributed by atoms with E-state index in [1.165, 1.54) is 31.2 Å². The molecule has 0 saturated heterocycles. The number of rotatable bonds is 2. The molecule has 1 fully saturated rings. The topological polar surface area (TPSA) is 29.1 Å². The van der Waals surface area contributed by atoms with Crippen LogP contribution in [-0.4, -0.2) is 0 Å². The zero-order chi connectivity index (χ0) is 20.1. The van der Waals surface area contributed by atoms with Gasteiger partial charge in [0.1, 0.15) is 11.5 Å². The molecule has 3 rings (SSSR count). The van der Waals surface area contributed by atoms with E-state index < -0.39 is 0 Å². The summed E-state index contributed by atoms with van der Waals surface area (Å²) in [6, 6.07) is 16.2. The number of aryl methyl sites for hydroxylation is 1. The summed E-state index contributed by atoms with van der Waals surface area (Å²) in [4.78, 5) is 0. The van der Waals surface area contributed by atoms with E-state index in [0.717, 1.165) is 23.0 Å². The summed E-state index contributed by atoms with van der Waals surface area (Å²) in [5, 5.41) is 0. The Bertz CT molecular complexity index is 722. The molecular formula is C25H30O2. The van der Waals surface area contributed by atoms with Gasteiger partial charge in [-0.1, -0.05) is 50.3 Å². The molecular weight excluding hydrogens is 332 g/mol. The average molecular weight is 363 g/mol. The number of benzene rings is 2. The average Bonchev–Trinajstić information content (AvgIpc) is 2.73. The molecule has 0 N–H and O–H groups in total. The first kappa shape index (κ1) is 22.6. The molecule has 27 heavy (non-hydrogen) atoms. The third-order valence-electron chi connectivity index (χ3n) is 4.55. The zero-order valence-electron chi connectivity index (χ0n) is 16.9. The van der Waals surface area contributed by atoms with Gasteiger partial charge in [0.2, 0.25) is 0 Å². The molecule has 0 heterocycles. The fourth-order valence-corrected chi connectivity index (χ4v) is 2.94. The Labute approximate surface area is 164 Å². The molecule has 0 aliphatic heterocycles. The molecule has 2 aromatic carbocycles. The van der Waals surface area contributed by atoms with Crippen LogP contribution in [0.5, 0.6) is 11.5 Å². The van der Waals surface area contributed by atoms with Crippen LogP contribution in [0.1, 0.15) is 57.6 Å². The van der Waals surface area contributed by atoms with Crippen molar-refractivity contribution in [1.29, 1.82) is 0 Å². The van der Waals surface area contributed by atoms with Crippen molar-refractivity contribution in [2.75, 3.05) is 0 Å². The normalized spacial score (nSPS) is 17.7. The molecule has 0 bridgehead atoms. The van der Waals surface area contributed by atoms with E-state index in [1.807, 2.05) is 50.2 Å². The van der Waals surface area contributed by atoms with Crippen LogP contribution in [0, 0.1) is 37.3 Å². The molecule has 1 aliphatic carbocycles. The SMILES string of the molecule is CC.Cc1ccc(Oc2ccc(C#CC3CCC(C)CC3)cc2)cc1.[C-]#[O+]. The van der Waals surface area contributed by atoms with Gasteiger partial charge >= 0.3 is 11.3 Å². The van der Waals surface area contributed by atoms with E-state index in [1.54, 1.807) is 0 Å². The van der Waals surface area contributed by atoms with E-state index in [9.17, 15) is 0 Å². The van der Waals surface area contributed by atoms with Crippen LogP contribution in [0.2, 0.25) is 0 Å². The predicted octanol–water partition coefficient (Wildman–Crippen LogP) is 6.95. The Hall–Kier alpha value is -2.46. The standard InChI is InChI=1S/C22H24O.C2H6.CO/c1-17-3-7-19(8-4-17)9-10-20-11-15-22(16-12-20)23-21-13-5-18(2)6-14-21;2*1-2/h5-6,11-17,19H,3-4,7-8H2,1-2H3;1-2H3;. The van der Waals surface area contributed by atoms with Gasteiger partial charge in [0, 0.05) is 11.5 Å². The quantitative estimate of drug-likeness (QED) is 0.323. The molecule has 2 nitrogen and oxygen atoms in total. The van der Waals surface area contributed by atoms with Crippen LogP contribution >= 0.6 is 0 Å². The maximum absolute atomic E-state index is 7.50. The van der Waals surface area contributed by atoms with E-state index in [0.29, 0.717) is 5.92 Å². The zero-order valence-corrected chi connectivity index (χ0v) is 16.9. The van der Waals surface area contributed by atoms with Crippen LogP contribution < -0.4 is 4.74 Å². The molecule has 0 aromatic heterocycles. The summed E-state index contributed by atoms with van der Waals surface area (Å²) >= 11 is 0. The van der Waals surface area contributed by atoms with Crippen LogP contribution in [0.4, 0.5) is 0 Å². The van der Waals surface area contributed by atoms with Gasteiger partial charge in [0.15, 0.2) is 0 Å². The van der Waals surface area contributed by atoms with Gasteiger partial charge in [0.25, 0.3) is 0 Å². The van der Waals surface area contributed by atoms with E-state index in [-0.39, 0.29) is 0 Å².